The zero-order valence-corrected chi connectivity index (χ0v) is 19.2. The number of non-ortho nitro benzene ring substituents is 1. The molecule has 5 rings (SSSR count). The van der Waals surface area contributed by atoms with Gasteiger partial charge in [-0.25, -0.2) is 4.99 Å². The van der Waals surface area contributed by atoms with Crippen LogP contribution >= 0.6 is 11.8 Å². The first-order valence-corrected chi connectivity index (χ1v) is 12.1. The third-order valence-electron chi connectivity index (χ3n) is 6.02. The number of carbonyl (C=O) groups is 1. The molecule has 2 fully saturated rings. The maximum atomic E-state index is 13.4. The second kappa shape index (κ2) is 9.69. The lowest BCUT2D eigenvalue weighted by Gasteiger charge is -2.30. The molecule has 1 aliphatic carbocycles. The predicted molar refractivity (Wildman–Crippen MR) is 134 cm³/mol. The number of rotatable bonds is 5. The molecular weight excluding hydrogens is 450 g/mol. The molecule has 1 amide bonds. The molecule has 2 aromatic carbocycles. The Labute approximate surface area is 201 Å². The van der Waals surface area contributed by atoms with Crippen molar-refractivity contribution in [2.24, 2.45) is 4.99 Å². The van der Waals surface area contributed by atoms with E-state index in [1.165, 1.54) is 30.3 Å². The minimum atomic E-state index is -0.433. The van der Waals surface area contributed by atoms with Crippen LogP contribution in [0.2, 0.25) is 0 Å². The van der Waals surface area contributed by atoms with Crippen LogP contribution in [0.25, 0.3) is 17.4 Å². The molecule has 8 heteroatoms. The first kappa shape index (κ1) is 22.2. The van der Waals surface area contributed by atoms with Gasteiger partial charge in [-0.05, 0) is 61.0 Å². The average Bonchev–Trinajstić information content (AvgIpc) is 3.45. The number of furan rings is 1. The highest BCUT2D eigenvalue weighted by molar-refractivity contribution is 8.18. The Hall–Kier alpha value is -3.65. The number of nitrogens with zero attached hydrogens (tertiary/aromatic N) is 3. The van der Waals surface area contributed by atoms with Crippen LogP contribution in [0.3, 0.4) is 0 Å². The topological polar surface area (TPSA) is 88.9 Å². The highest BCUT2D eigenvalue weighted by atomic mass is 32.2. The molecule has 2 heterocycles. The van der Waals surface area contributed by atoms with Crippen molar-refractivity contribution in [2.75, 3.05) is 0 Å². The summed E-state index contributed by atoms with van der Waals surface area (Å²) in [5.74, 6) is 1.09. The van der Waals surface area contributed by atoms with Gasteiger partial charge in [0.05, 0.1) is 15.5 Å². The minimum Gasteiger partial charge on any atom is -0.457 e. The summed E-state index contributed by atoms with van der Waals surface area (Å²) in [5, 5.41) is 11.6. The number of nitro benzene ring substituents is 1. The molecule has 7 nitrogen and oxygen atoms in total. The second-order valence-corrected chi connectivity index (χ2v) is 9.32. The molecule has 1 saturated carbocycles. The predicted octanol–water partition coefficient (Wildman–Crippen LogP) is 6.79. The monoisotopic (exact) mass is 473 g/mol. The van der Waals surface area contributed by atoms with Crippen molar-refractivity contribution < 1.29 is 14.1 Å². The van der Waals surface area contributed by atoms with Gasteiger partial charge in [0, 0.05) is 29.8 Å². The van der Waals surface area contributed by atoms with E-state index in [9.17, 15) is 14.9 Å². The first-order chi connectivity index (χ1) is 16.6. The van der Waals surface area contributed by atoms with E-state index < -0.39 is 4.92 Å². The van der Waals surface area contributed by atoms with Gasteiger partial charge in [0.15, 0.2) is 5.17 Å². The van der Waals surface area contributed by atoms with Gasteiger partial charge >= 0.3 is 0 Å². The maximum Gasteiger partial charge on any atom is 0.269 e. The SMILES string of the molecule is O=C1/C(=C/c2ccc(-c3ccc([N+](=O)[O-])cc3)o2)SC(=Nc2ccccc2)N1C1CCCCC1. The van der Waals surface area contributed by atoms with Crippen LogP contribution in [-0.4, -0.2) is 26.9 Å². The lowest BCUT2D eigenvalue weighted by Crippen LogP contribution is -2.40. The van der Waals surface area contributed by atoms with E-state index in [1.54, 1.807) is 30.3 Å². The number of hydrogen-bond donors (Lipinski definition) is 0. The number of amidine groups is 1. The van der Waals surface area contributed by atoms with Crippen molar-refractivity contribution in [2.45, 2.75) is 38.1 Å². The molecule has 0 unspecified atom stereocenters. The molecule has 172 valence electrons. The Morgan fingerprint density at radius 3 is 2.44 bits per heavy atom. The van der Waals surface area contributed by atoms with Gasteiger partial charge in [-0.2, -0.15) is 0 Å². The summed E-state index contributed by atoms with van der Waals surface area (Å²) < 4.78 is 5.94. The van der Waals surface area contributed by atoms with Crippen molar-refractivity contribution in [1.29, 1.82) is 0 Å². The van der Waals surface area contributed by atoms with Crippen LogP contribution in [0, 0.1) is 10.1 Å². The summed E-state index contributed by atoms with van der Waals surface area (Å²) in [6.45, 7) is 0. The lowest BCUT2D eigenvalue weighted by molar-refractivity contribution is -0.384. The average molecular weight is 474 g/mol. The molecule has 0 N–H and O–H groups in total. The summed E-state index contributed by atoms with van der Waals surface area (Å²) in [6, 6.07) is 19.6. The summed E-state index contributed by atoms with van der Waals surface area (Å²) >= 11 is 1.37. The standard InChI is InChI=1S/C26H23N3O4S/c30-25-24(17-22-15-16-23(33-22)18-11-13-21(14-12-18)29(31)32)34-26(27-19-7-3-1-4-8-19)28(25)20-9-5-2-6-10-20/h1,3-4,7-8,11-17,20H,2,5-6,9-10H2/b24-17-,27-26?. The van der Waals surface area contributed by atoms with E-state index >= 15 is 0 Å². The molecule has 1 saturated heterocycles. The van der Waals surface area contributed by atoms with Crippen LogP contribution in [-0.2, 0) is 4.79 Å². The summed E-state index contributed by atoms with van der Waals surface area (Å²) in [5.41, 5.74) is 1.58. The molecule has 1 aliphatic heterocycles. The molecule has 0 spiro atoms. The van der Waals surface area contributed by atoms with Crippen molar-refractivity contribution in [3.05, 3.63) is 87.5 Å². The van der Waals surface area contributed by atoms with Crippen LogP contribution in [0.4, 0.5) is 11.4 Å². The van der Waals surface area contributed by atoms with E-state index in [0.29, 0.717) is 21.6 Å². The molecule has 3 aromatic rings. The summed E-state index contributed by atoms with van der Waals surface area (Å²) in [7, 11) is 0. The van der Waals surface area contributed by atoms with Crippen molar-refractivity contribution in [3.8, 4) is 11.3 Å². The number of thioether (sulfide) groups is 1. The third kappa shape index (κ3) is 4.68. The van der Waals surface area contributed by atoms with Gasteiger partial charge in [-0.1, -0.05) is 37.5 Å². The Balaban J connectivity index is 1.43. The molecular formula is C26H23N3O4S. The highest BCUT2D eigenvalue weighted by Crippen LogP contribution is 2.39. The van der Waals surface area contributed by atoms with Gasteiger partial charge in [0.1, 0.15) is 11.5 Å². The van der Waals surface area contributed by atoms with E-state index in [-0.39, 0.29) is 17.6 Å². The second-order valence-electron chi connectivity index (χ2n) is 8.31. The fourth-order valence-electron chi connectivity index (χ4n) is 4.30. The molecule has 34 heavy (non-hydrogen) atoms. The number of aliphatic imine (C=N–C) groups is 1. The fraction of sp³-hybridized carbons (Fsp3) is 0.231. The fourth-order valence-corrected chi connectivity index (χ4v) is 5.34. The summed E-state index contributed by atoms with van der Waals surface area (Å²) in [6.07, 6.45) is 7.17. The van der Waals surface area contributed by atoms with E-state index in [1.807, 2.05) is 35.2 Å². The van der Waals surface area contributed by atoms with E-state index in [2.05, 4.69) is 0 Å². The van der Waals surface area contributed by atoms with Gasteiger partial charge in [-0.3, -0.25) is 19.8 Å². The minimum absolute atomic E-state index is 0.0265. The maximum absolute atomic E-state index is 13.4. The van der Waals surface area contributed by atoms with Crippen molar-refractivity contribution in [1.82, 2.24) is 4.90 Å². The third-order valence-corrected chi connectivity index (χ3v) is 7.00. The number of hydrogen-bond acceptors (Lipinski definition) is 6. The number of carbonyl (C=O) groups excluding carboxylic acids is 1. The quantitative estimate of drug-likeness (QED) is 0.231. The summed E-state index contributed by atoms with van der Waals surface area (Å²) in [4.78, 5) is 31.1. The van der Waals surface area contributed by atoms with Crippen LogP contribution in [0.5, 0.6) is 0 Å². The van der Waals surface area contributed by atoms with Crippen LogP contribution in [0.1, 0.15) is 37.9 Å². The van der Waals surface area contributed by atoms with Gasteiger partial charge < -0.3 is 4.42 Å². The van der Waals surface area contributed by atoms with E-state index in [0.717, 1.165) is 36.9 Å². The largest absolute Gasteiger partial charge is 0.457 e. The normalized spacial score (nSPS) is 19.3. The number of benzene rings is 2. The Bertz CT molecular complexity index is 1260. The Morgan fingerprint density at radius 2 is 1.74 bits per heavy atom. The molecule has 0 bridgehead atoms. The van der Waals surface area contributed by atoms with E-state index in [4.69, 9.17) is 9.41 Å². The Kier molecular flexibility index (Phi) is 6.31. The lowest BCUT2D eigenvalue weighted by atomic mass is 9.94. The molecule has 0 atom stereocenters. The molecule has 2 aliphatic rings. The van der Waals surface area contributed by atoms with Crippen LogP contribution < -0.4 is 0 Å². The number of amides is 1. The van der Waals surface area contributed by atoms with Gasteiger partial charge in [0.2, 0.25) is 0 Å². The van der Waals surface area contributed by atoms with Gasteiger partial charge in [0.25, 0.3) is 11.6 Å². The smallest absolute Gasteiger partial charge is 0.269 e. The zero-order chi connectivity index (χ0) is 23.5. The van der Waals surface area contributed by atoms with Crippen molar-refractivity contribution >= 4 is 40.3 Å². The number of para-hydroxylation sites is 1. The number of nitro groups is 1. The first-order valence-electron chi connectivity index (χ1n) is 11.3. The highest BCUT2D eigenvalue weighted by Gasteiger charge is 2.38. The van der Waals surface area contributed by atoms with Crippen LogP contribution in [0.15, 0.2) is 81.0 Å². The van der Waals surface area contributed by atoms with Gasteiger partial charge in [-0.15, -0.1) is 0 Å². The zero-order valence-electron chi connectivity index (χ0n) is 18.4. The molecule has 0 radical (unpaired) electrons. The molecule has 1 aromatic heterocycles. The Morgan fingerprint density at radius 1 is 1.00 bits per heavy atom. The van der Waals surface area contributed by atoms with Crippen molar-refractivity contribution in [3.63, 3.8) is 0 Å².